The molecule has 22 heavy (non-hydrogen) atoms. The summed E-state index contributed by atoms with van der Waals surface area (Å²) in [5.74, 6) is -0.313. The highest BCUT2D eigenvalue weighted by molar-refractivity contribution is 7.86. The fraction of sp³-hybridized carbons (Fsp3) is 0.429. The van der Waals surface area contributed by atoms with Crippen molar-refractivity contribution < 1.29 is 18.5 Å². The quantitative estimate of drug-likeness (QED) is 0.614. The lowest BCUT2D eigenvalue weighted by Crippen LogP contribution is -2.82. The maximum Gasteiger partial charge on any atom is 0.285 e. The zero-order chi connectivity index (χ0) is 16.1. The number of ether oxygens (including phenoxy) is 1. The molecule has 6 nitrogen and oxygen atoms in total. The van der Waals surface area contributed by atoms with Gasteiger partial charge in [0.25, 0.3) is 11.6 Å². The van der Waals surface area contributed by atoms with E-state index in [1.807, 2.05) is 12.3 Å². The summed E-state index contributed by atoms with van der Waals surface area (Å²) in [5.41, 5.74) is -0.656. The number of β-lactam (4-membered cyclic amide) rings is 1. The van der Waals surface area contributed by atoms with Crippen LogP contribution in [0.25, 0.3) is 0 Å². The van der Waals surface area contributed by atoms with Gasteiger partial charge in [0.15, 0.2) is 5.37 Å². The van der Waals surface area contributed by atoms with E-state index in [1.54, 1.807) is 18.3 Å². The molecule has 0 radical (unpaired) electrons. The second kappa shape index (κ2) is 5.29. The molecule has 118 valence electrons. The van der Waals surface area contributed by atoms with Crippen LogP contribution in [0, 0.1) is 0 Å². The van der Waals surface area contributed by atoms with Gasteiger partial charge in [0.2, 0.25) is 5.91 Å². The standard InChI is InChI=1S/C14H16N2O4S2/c1-9-7-15-12(18)14(20-3,13(15)22(19)8-9)16(10(2)17)11-5-4-6-21-11/h4-7,13H,8H2,1-3H3/t13-,14?,22?/m1/s1. The van der Waals surface area contributed by atoms with Crippen molar-refractivity contribution in [2.75, 3.05) is 17.8 Å². The fourth-order valence-corrected chi connectivity index (χ4v) is 5.54. The zero-order valence-corrected chi connectivity index (χ0v) is 14.1. The van der Waals surface area contributed by atoms with Gasteiger partial charge >= 0.3 is 0 Å². The SMILES string of the molecule is COC1(N(C(C)=O)c2cccs2)C(=O)N2C=C(C)CS(=O)[C@@H]21. The fourth-order valence-electron chi connectivity index (χ4n) is 2.96. The number of amides is 2. The number of hydrogen-bond donors (Lipinski definition) is 0. The highest BCUT2D eigenvalue weighted by atomic mass is 32.2. The lowest BCUT2D eigenvalue weighted by atomic mass is 9.99. The summed E-state index contributed by atoms with van der Waals surface area (Å²) >= 11 is 1.33. The Bertz CT molecular complexity index is 685. The number of nitrogens with zero attached hydrogens (tertiary/aromatic N) is 2. The maximum atomic E-state index is 12.7. The minimum absolute atomic E-state index is 0.319. The number of methoxy groups -OCH3 is 1. The van der Waals surface area contributed by atoms with E-state index >= 15 is 0 Å². The molecule has 2 unspecified atom stereocenters. The van der Waals surface area contributed by atoms with Crippen LogP contribution in [0.5, 0.6) is 0 Å². The molecule has 0 aliphatic carbocycles. The van der Waals surface area contributed by atoms with Crippen molar-refractivity contribution in [1.29, 1.82) is 0 Å². The number of hydrogen-bond acceptors (Lipinski definition) is 5. The Kier molecular flexibility index (Phi) is 3.70. The lowest BCUT2D eigenvalue weighted by molar-refractivity contribution is -0.182. The van der Waals surface area contributed by atoms with E-state index in [0.717, 1.165) is 5.57 Å². The van der Waals surface area contributed by atoms with Crippen molar-refractivity contribution in [2.45, 2.75) is 24.9 Å². The molecule has 3 heterocycles. The summed E-state index contributed by atoms with van der Waals surface area (Å²) in [6.07, 6.45) is 1.69. The molecule has 0 spiro atoms. The molecule has 8 heteroatoms. The summed E-state index contributed by atoms with van der Waals surface area (Å²) in [6, 6.07) is 3.54. The summed E-state index contributed by atoms with van der Waals surface area (Å²) in [6.45, 7) is 3.21. The Morgan fingerprint density at radius 3 is 2.86 bits per heavy atom. The van der Waals surface area contributed by atoms with Crippen molar-refractivity contribution in [3.05, 3.63) is 29.3 Å². The van der Waals surface area contributed by atoms with Crippen LogP contribution in [0.1, 0.15) is 13.8 Å². The summed E-state index contributed by atoms with van der Waals surface area (Å²) in [4.78, 5) is 27.7. The van der Waals surface area contributed by atoms with Crippen LogP contribution in [-0.2, 0) is 25.1 Å². The summed E-state index contributed by atoms with van der Waals surface area (Å²) in [7, 11) is 0.0516. The van der Waals surface area contributed by atoms with Crippen LogP contribution in [0.3, 0.4) is 0 Å². The highest BCUT2D eigenvalue weighted by Gasteiger charge is 2.69. The first-order valence-corrected chi connectivity index (χ1v) is 8.96. The average Bonchev–Trinajstić information content (AvgIpc) is 2.97. The van der Waals surface area contributed by atoms with Gasteiger partial charge in [-0.2, -0.15) is 0 Å². The van der Waals surface area contributed by atoms with Crippen LogP contribution in [-0.4, -0.2) is 44.9 Å². The molecule has 0 bridgehead atoms. The molecule has 1 saturated heterocycles. The van der Waals surface area contributed by atoms with Crippen LogP contribution in [0.4, 0.5) is 5.00 Å². The Balaban J connectivity index is 2.11. The second-order valence-corrected chi connectivity index (χ2v) is 7.69. The van der Waals surface area contributed by atoms with Gasteiger partial charge in [-0.1, -0.05) is 0 Å². The number of thiophene rings is 1. The molecule has 0 aromatic carbocycles. The van der Waals surface area contributed by atoms with E-state index in [-0.39, 0.29) is 11.8 Å². The van der Waals surface area contributed by atoms with Gasteiger partial charge in [-0.3, -0.25) is 23.6 Å². The van der Waals surface area contributed by atoms with E-state index in [2.05, 4.69) is 0 Å². The first-order valence-electron chi connectivity index (χ1n) is 6.70. The van der Waals surface area contributed by atoms with Gasteiger partial charge in [0.05, 0.1) is 10.8 Å². The molecule has 2 aliphatic rings. The van der Waals surface area contributed by atoms with Gasteiger partial charge in [-0.05, 0) is 30.0 Å². The van der Waals surface area contributed by atoms with Gasteiger partial charge in [-0.25, -0.2) is 0 Å². The Morgan fingerprint density at radius 1 is 1.59 bits per heavy atom. The predicted molar refractivity (Wildman–Crippen MR) is 84.6 cm³/mol. The van der Waals surface area contributed by atoms with Crippen LogP contribution in [0.2, 0.25) is 0 Å². The van der Waals surface area contributed by atoms with Gasteiger partial charge < -0.3 is 4.74 Å². The van der Waals surface area contributed by atoms with Gasteiger partial charge in [-0.15, -0.1) is 11.3 Å². The molecule has 3 rings (SSSR count). The second-order valence-electron chi connectivity index (χ2n) is 5.27. The Morgan fingerprint density at radius 2 is 2.32 bits per heavy atom. The number of carbonyl (C=O) groups is 2. The van der Waals surface area contributed by atoms with Gasteiger partial charge in [0, 0.05) is 26.0 Å². The number of rotatable bonds is 3. The zero-order valence-electron chi connectivity index (χ0n) is 12.4. The minimum Gasteiger partial charge on any atom is -0.348 e. The molecule has 2 amide bonds. The number of anilines is 1. The first kappa shape index (κ1) is 15.4. The highest BCUT2D eigenvalue weighted by Crippen LogP contribution is 2.45. The largest absolute Gasteiger partial charge is 0.348 e. The monoisotopic (exact) mass is 340 g/mol. The van der Waals surface area contributed by atoms with E-state index in [4.69, 9.17) is 4.74 Å². The summed E-state index contributed by atoms with van der Waals surface area (Å²) in [5, 5.41) is 1.74. The van der Waals surface area contributed by atoms with E-state index in [9.17, 15) is 13.8 Å². The smallest absolute Gasteiger partial charge is 0.285 e. The molecule has 2 aliphatic heterocycles. The third kappa shape index (κ3) is 1.90. The van der Waals surface area contributed by atoms with Crippen molar-refractivity contribution in [2.24, 2.45) is 0 Å². The van der Waals surface area contributed by atoms with E-state index in [0.29, 0.717) is 10.8 Å². The minimum atomic E-state index is -1.53. The maximum absolute atomic E-state index is 12.7. The normalized spacial score (nSPS) is 30.4. The first-order chi connectivity index (χ1) is 10.4. The van der Waals surface area contributed by atoms with Crippen molar-refractivity contribution in [1.82, 2.24) is 4.90 Å². The number of carbonyl (C=O) groups excluding carboxylic acids is 2. The molecule has 0 saturated carbocycles. The van der Waals surface area contributed by atoms with Crippen LogP contribution < -0.4 is 4.90 Å². The van der Waals surface area contributed by atoms with Crippen LogP contribution >= 0.6 is 11.3 Å². The molecule has 1 aromatic heterocycles. The molecular weight excluding hydrogens is 324 g/mol. The lowest BCUT2D eigenvalue weighted by Gasteiger charge is -2.57. The van der Waals surface area contributed by atoms with E-state index in [1.165, 1.54) is 35.2 Å². The third-order valence-electron chi connectivity index (χ3n) is 3.79. The Hall–Kier alpha value is -1.51. The average molecular weight is 340 g/mol. The molecular formula is C14H16N2O4S2. The molecule has 3 atom stereocenters. The molecule has 0 N–H and O–H groups in total. The number of fused-ring (bicyclic) bond motifs is 1. The summed E-state index contributed by atoms with van der Waals surface area (Å²) < 4.78 is 18.1. The molecule has 1 fully saturated rings. The van der Waals surface area contributed by atoms with Crippen LogP contribution in [0.15, 0.2) is 29.3 Å². The van der Waals surface area contributed by atoms with E-state index < -0.39 is 21.9 Å². The molecule has 1 aromatic rings. The predicted octanol–water partition coefficient (Wildman–Crippen LogP) is 1.28. The topological polar surface area (TPSA) is 66.9 Å². The van der Waals surface area contributed by atoms with Crippen molar-refractivity contribution in [3.63, 3.8) is 0 Å². The third-order valence-corrected chi connectivity index (χ3v) is 6.43. The van der Waals surface area contributed by atoms with Crippen molar-refractivity contribution >= 4 is 39.0 Å². The van der Waals surface area contributed by atoms with Gasteiger partial charge in [0.1, 0.15) is 5.00 Å². The van der Waals surface area contributed by atoms with Crippen molar-refractivity contribution in [3.8, 4) is 0 Å². The Labute approximate surface area is 134 Å².